The lowest BCUT2D eigenvalue weighted by Crippen LogP contribution is -2.41. The van der Waals surface area contributed by atoms with Crippen molar-refractivity contribution in [3.05, 3.63) is 18.0 Å². The van der Waals surface area contributed by atoms with Gasteiger partial charge >= 0.3 is 0 Å². The summed E-state index contributed by atoms with van der Waals surface area (Å²) in [7, 11) is 1.81. The van der Waals surface area contributed by atoms with Crippen molar-refractivity contribution in [2.75, 3.05) is 13.1 Å². The second-order valence-electron chi connectivity index (χ2n) is 3.05. The van der Waals surface area contributed by atoms with Crippen molar-refractivity contribution in [2.45, 2.75) is 6.42 Å². The van der Waals surface area contributed by atoms with Crippen LogP contribution in [0.25, 0.3) is 0 Å². The molecule has 2 rings (SSSR count). The van der Waals surface area contributed by atoms with Crippen molar-refractivity contribution < 1.29 is 4.79 Å². The van der Waals surface area contributed by atoms with E-state index in [0.717, 1.165) is 19.5 Å². The standard InChI is InChI=1S/C8H11N3O/c1-10-6-7(5-9-10)8(12)11-3-2-4-11/h5-6H,2-4H2,1H3. The summed E-state index contributed by atoms with van der Waals surface area (Å²) < 4.78 is 1.65. The van der Waals surface area contributed by atoms with Crippen LogP contribution in [0.2, 0.25) is 0 Å². The van der Waals surface area contributed by atoms with Gasteiger partial charge < -0.3 is 4.90 Å². The summed E-state index contributed by atoms with van der Waals surface area (Å²) >= 11 is 0. The van der Waals surface area contributed by atoms with E-state index in [1.807, 2.05) is 11.9 Å². The van der Waals surface area contributed by atoms with E-state index in [-0.39, 0.29) is 5.91 Å². The smallest absolute Gasteiger partial charge is 0.257 e. The molecular formula is C8H11N3O. The first-order chi connectivity index (χ1) is 5.77. The van der Waals surface area contributed by atoms with Crippen LogP contribution in [0.3, 0.4) is 0 Å². The predicted molar refractivity (Wildman–Crippen MR) is 43.7 cm³/mol. The molecule has 4 nitrogen and oxygen atoms in total. The average Bonchev–Trinajstić information content (AvgIpc) is 2.31. The van der Waals surface area contributed by atoms with Gasteiger partial charge in [-0.15, -0.1) is 0 Å². The summed E-state index contributed by atoms with van der Waals surface area (Å²) in [5.74, 6) is 0.106. The Bertz CT molecular complexity index is 301. The molecule has 4 heteroatoms. The highest BCUT2D eigenvalue weighted by atomic mass is 16.2. The molecule has 0 radical (unpaired) electrons. The lowest BCUT2D eigenvalue weighted by Gasteiger charge is -2.30. The van der Waals surface area contributed by atoms with Crippen molar-refractivity contribution in [1.82, 2.24) is 14.7 Å². The molecule has 1 saturated heterocycles. The van der Waals surface area contributed by atoms with E-state index < -0.39 is 0 Å². The Kier molecular flexibility index (Phi) is 1.60. The van der Waals surface area contributed by atoms with E-state index in [2.05, 4.69) is 5.10 Å². The van der Waals surface area contributed by atoms with Crippen LogP contribution in [0, 0.1) is 0 Å². The molecular weight excluding hydrogens is 154 g/mol. The lowest BCUT2D eigenvalue weighted by atomic mass is 10.2. The van der Waals surface area contributed by atoms with Crippen molar-refractivity contribution in [3.8, 4) is 0 Å². The highest BCUT2D eigenvalue weighted by Crippen LogP contribution is 2.11. The zero-order chi connectivity index (χ0) is 8.55. The maximum atomic E-state index is 11.5. The molecule has 12 heavy (non-hydrogen) atoms. The van der Waals surface area contributed by atoms with Gasteiger partial charge in [-0.1, -0.05) is 0 Å². The van der Waals surface area contributed by atoms with E-state index in [0.29, 0.717) is 5.56 Å². The van der Waals surface area contributed by atoms with Gasteiger partial charge in [0.2, 0.25) is 0 Å². The number of aryl methyl sites for hydroxylation is 1. The molecule has 2 heterocycles. The number of amides is 1. The van der Waals surface area contributed by atoms with Crippen LogP contribution in [-0.2, 0) is 7.05 Å². The van der Waals surface area contributed by atoms with Gasteiger partial charge in [0.1, 0.15) is 0 Å². The number of nitrogens with zero attached hydrogens (tertiary/aromatic N) is 3. The molecule has 1 aliphatic heterocycles. The summed E-state index contributed by atoms with van der Waals surface area (Å²) in [5, 5.41) is 3.95. The molecule has 0 unspecified atom stereocenters. The van der Waals surface area contributed by atoms with E-state index in [4.69, 9.17) is 0 Å². The largest absolute Gasteiger partial charge is 0.338 e. The number of aromatic nitrogens is 2. The molecule has 0 aliphatic carbocycles. The Balaban J connectivity index is 2.13. The normalized spacial score (nSPS) is 15.9. The summed E-state index contributed by atoms with van der Waals surface area (Å²) in [6, 6.07) is 0. The average molecular weight is 165 g/mol. The van der Waals surface area contributed by atoms with E-state index in [1.165, 1.54) is 0 Å². The van der Waals surface area contributed by atoms with Gasteiger partial charge in [0.25, 0.3) is 5.91 Å². The molecule has 0 spiro atoms. The first kappa shape index (κ1) is 7.34. The minimum atomic E-state index is 0.106. The Labute approximate surface area is 70.8 Å². The van der Waals surface area contributed by atoms with Crippen molar-refractivity contribution >= 4 is 5.91 Å². The van der Waals surface area contributed by atoms with Crippen LogP contribution < -0.4 is 0 Å². The maximum Gasteiger partial charge on any atom is 0.257 e. The molecule has 0 aromatic carbocycles. The number of hydrogen-bond acceptors (Lipinski definition) is 2. The van der Waals surface area contributed by atoms with Gasteiger partial charge in [-0.25, -0.2) is 0 Å². The van der Waals surface area contributed by atoms with E-state index in [1.54, 1.807) is 17.1 Å². The zero-order valence-corrected chi connectivity index (χ0v) is 7.03. The topological polar surface area (TPSA) is 38.1 Å². The van der Waals surface area contributed by atoms with E-state index in [9.17, 15) is 4.79 Å². The van der Waals surface area contributed by atoms with Gasteiger partial charge in [-0.3, -0.25) is 9.48 Å². The first-order valence-corrected chi connectivity index (χ1v) is 4.05. The molecule has 1 aliphatic rings. The molecule has 0 bridgehead atoms. The summed E-state index contributed by atoms with van der Waals surface area (Å²) in [6.07, 6.45) is 4.49. The first-order valence-electron chi connectivity index (χ1n) is 4.05. The van der Waals surface area contributed by atoms with Crippen molar-refractivity contribution in [3.63, 3.8) is 0 Å². The molecule has 1 fully saturated rings. The number of likely N-dealkylation sites (tertiary alicyclic amines) is 1. The fraction of sp³-hybridized carbons (Fsp3) is 0.500. The second-order valence-corrected chi connectivity index (χ2v) is 3.05. The highest BCUT2D eigenvalue weighted by molar-refractivity contribution is 5.94. The van der Waals surface area contributed by atoms with Gasteiger partial charge in [0.15, 0.2) is 0 Å². The second kappa shape index (κ2) is 2.62. The maximum absolute atomic E-state index is 11.5. The highest BCUT2D eigenvalue weighted by Gasteiger charge is 2.22. The van der Waals surface area contributed by atoms with Crippen molar-refractivity contribution in [1.29, 1.82) is 0 Å². The Morgan fingerprint density at radius 3 is 2.75 bits per heavy atom. The van der Waals surface area contributed by atoms with Gasteiger partial charge in [0, 0.05) is 26.3 Å². The molecule has 1 amide bonds. The van der Waals surface area contributed by atoms with Crippen LogP contribution in [0.15, 0.2) is 12.4 Å². The fourth-order valence-corrected chi connectivity index (χ4v) is 1.23. The summed E-state index contributed by atoms with van der Waals surface area (Å²) in [5.41, 5.74) is 0.692. The molecule has 1 aromatic rings. The van der Waals surface area contributed by atoms with Crippen molar-refractivity contribution in [2.24, 2.45) is 7.05 Å². The number of carbonyl (C=O) groups is 1. The minimum absolute atomic E-state index is 0.106. The SMILES string of the molecule is Cn1cc(C(=O)N2CCC2)cn1. The quantitative estimate of drug-likeness (QED) is 0.599. The number of rotatable bonds is 1. The monoisotopic (exact) mass is 165 g/mol. The summed E-state index contributed by atoms with van der Waals surface area (Å²) in [6.45, 7) is 1.79. The molecule has 0 N–H and O–H groups in total. The Hall–Kier alpha value is -1.32. The van der Waals surface area contributed by atoms with Gasteiger partial charge in [0.05, 0.1) is 11.8 Å². The molecule has 64 valence electrons. The Morgan fingerprint density at radius 1 is 1.58 bits per heavy atom. The third-order valence-electron chi connectivity index (χ3n) is 2.10. The molecule has 1 aromatic heterocycles. The van der Waals surface area contributed by atoms with Gasteiger partial charge in [-0.05, 0) is 6.42 Å². The van der Waals surface area contributed by atoms with Gasteiger partial charge in [-0.2, -0.15) is 5.10 Å². The third kappa shape index (κ3) is 1.09. The fourth-order valence-electron chi connectivity index (χ4n) is 1.23. The molecule has 0 saturated carbocycles. The zero-order valence-electron chi connectivity index (χ0n) is 7.03. The number of hydrogen-bond donors (Lipinski definition) is 0. The van der Waals surface area contributed by atoms with Crippen LogP contribution in [0.1, 0.15) is 16.8 Å². The van der Waals surface area contributed by atoms with Crippen LogP contribution in [-0.4, -0.2) is 33.7 Å². The minimum Gasteiger partial charge on any atom is -0.338 e. The predicted octanol–water partition coefficient (Wildman–Crippen LogP) is 0.266. The van der Waals surface area contributed by atoms with E-state index >= 15 is 0 Å². The lowest BCUT2D eigenvalue weighted by molar-refractivity contribution is 0.0652. The Morgan fingerprint density at radius 2 is 2.33 bits per heavy atom. The summed E-state index contributed by atoms with van der Waals surface area (Å²) in [4.78, 5) is 13.3. The molecule has 0 atom stereocenters. The number of carbonyl (C=O) groups excluding carboxylic acids is 1. The third-order valence-corrected chi connectivity index (χ3v) is 2.10. The van der Waals surface area contributed by atoms with Crippen LogP contribution in [0.4, 0.5) is 0 Å². The van der Waals surface area contributed by atoms with Crippen LogP contribution in [0.5, 0.6) is 0 Å². The van der Waals surface area contributed by atoms with Crippen LogP contribution >= 0.6 is 0 Å².